The number of nitrogens with one attached hydrogen (secondary N) is 1. The average Bonchev–Trinajstić information content (AvgIpc) is 2.23. The molecule has 1 amide bonds. The molecule has 0 bridgehead atoms. The van der Waals surface area contributed by atoms with E-state index in [1.807, 2.05) is 18.2 Å². The fourth-order valence-corrected chi connectivity index (χ4v) is 1.47. The van der Waals surface area contributed by atoms with Crippen molar-refractivity contribution in [2.75, 3.05) is 0 Å². The molecule has 0 aromatic heterocycles. The highest BCUT2D eigenvalue weighted by Crippen LogP contribution is 2.07. The van der Waals surface area contributed by atoms with Crippen molar-refractivity contribution >= 4 is 11.6 Å². The van der Waals surface area contributed by atoms with Crippen LogP contribution in [-0.2, 0) is 11.2 Å². The van der Waals surface area contributed by atoms with E-state index in [4.69, 9.17) is 0 Å². The summed E-state index contributed by atoms with van der Waals surface area (Å²) in [7, 11) is 0. The molecule has 1 N–H and O–H groups in total. The van der Waals surface area contributed by atoms with Crippen LogP contribution in [-0.4, -0.2) is 11.6 Å². The van der Waals surface area contributed by atoms with Crippen LogP contribution in [0, 0.1) is 0 Å². The van der Waals surface area contributed by atoms with E-state index in [9.17, 15) is 4.79 Å². The van der Waals surface area contributed by atoms with Crippen molar-refractivity contribution < 1.29 is 4.79 Å². The largest absolute Gasteiger partial charge is 0.273 e. The molecule has 72 valence electrons. The minimum atomic E-state index is 0.0156. The SMILES string of the molecule is O=C1CCC(Cc2ccccc2)=NN1. The standard InChI is InChI=1S/C11H12N2O/c14-11-7-6-10(12-13-11)8-9-4-2-1-3-5-9/h1-5H,6-8H2,(H,13,14). The Morgan fingerprint density at radius 1 is 1.21 bits per heavy atom. The maximum Gasteiger partial charge on any atom is 0.240 e. The molecule has 0 spiro atoms. The van der Waals surface area contributed by atoms with Crippen molar-refractivity contribution in [2.45, 2.75) is 19.3 Å². The Bertz CT molecular complexity index is 357. The first-order valence-electron chi connectivity index (χ1n) is 4.73. The summed E-state index contributed by atoms with van der Waals surface area (Å²) in [5.74, 6) is 0.0156. The second kappa shape index (κ2) is 4.05. The molecule has 1 aromatic rings. The van der Waals surface area contributed by atoms with Crippen molar-refractivity contribution in [3.63, 3.8) is 0 Å². The first-order valence-corrected chi connectivity index (χ1v) is 4.73. The van der Waals surface area contributed by atoms with Gasteiger partial charge >= 0.3 is 0 Å². The van der Waals surface area contributed by atoms with Gasteiger partial charge in [-0.15, -0.1) is 0 Å². The van der Waals surface area contributed by atoms with Gasteiger partial charge in [0, 0.05) is 18.6 Å². The summed E-state index contributed by atoms with van der Waals surface area (Å²) in [5, 5.41) is 4.02. The molecule has 1 aliphatic heterocycles. The Morgan fingerprint density at radius 2 is 2.00 bits per heavy atom. The molecule has 2 rings (SSSR count). The summed E-state index contributed by atoms with van der Waals surface area (Å²) < 4.78 is 0. The van der Waals surface area contributed by atoms with Gasteiger partial charge < -0.3 is 0 Å². The van der Waals surface area contributed by atoms with Crippen LogP contribution in [0.5, 0.6) is 0 Å². The van der Waals surface area contributed by atoms with E-state index in [1.165, 1.54) is 5.56 Å². The Hall–Kier alpha value is -1.64. The second-order valence-corrected chi connectivity index (χ2v) is 3.38. The Labute approximate surface area is 82.8 Å². The lowest BCUT2D eigenvalue weighted by Crippen LogP contribution is -2.26. The van der Waals surface area contributed by atoms with Crippen LogP contribution >= 0.6 is 0 Å². The molecule has 0 saturated carbocycles. The second-order valence-electron chi connectivity index (χ2n) is 3.38. The van der Waals surface area contributed by atoms with Crippen LogP contribution in [0.25, 0.3) is 0 Å². The molecule has 1 aliphatic rings. The number of benzene rings is 1. The first kappa shape index (κ1) is 8.94. The Morgan fingerprint density at radius 3 is 2.64 bits per heavy atom. The molecule has 0 atom stereocenters. The third kappa shape index (κ3) is 2.19. The Kier molecular flexibility index (Phi) is 2.58. The highest BCUT2D eigenvalue weighted by atomic mass is 16.2. The predicted octanol–water partition coefficient (Wildman–Crippen LogP) is 1.50. The third-order valence-corrected chi connectivity index (χ3v) is 2.23. The van der Waals surface area contributed by atoms with Crippen molar-refractivity contribution in [1.29, 1.82) is 0 Å². The summed E-state index contributed by atoms with van der Waals surface area (Å²) in [5.41, 5.74) is 4.79. The normalized spacial score (nSPS) is 16.0. The van der Waals surface area contributed by atoms with E-state index < -0.39 is 0 Å². The number of carbonyl (C=O) groups is 1. The van der Waals surface area contributed by atoms with E-state index in [1.54, 1.807) is 0 Å². The molecule has 1 aromatic carbocycles. The highest BCUT2D eigenvalue weighted by Gasteiger charge is 2.11. The zero-order valence-corrected chi connectivity index (χ0v) is 7.86. The van der Waals surface area contributed by atoms with Gasteiger partial charge in [0.15, 0.2) is 0 Å². The van der Waals surface area contributed by atoms with Crippen molar-refractivity contribution in [2.24, 2.45) is 5.10 Å². The van der Waals surface area contributed by atoms with Gasteiger partial charge in [-0.1, -0.05) is 30.3 Å². The smallest absolute Gasteiger partial charge is 0.240 e. The van der Waals surface area contributed by atoms with E-state index in [0.717, 1.165) is 18.6 Å². The van der Waals surface area contributed by atoms with Gasteiger partial charge in [-0.2, -0.15) is 5.10 Å². The lowest BCUT2D eigenvalue weighted by atomic mass is 10.0. The number of hydrogen-bond donors (Lipinski definition) is 1. The number of carbonyl (C=O) groups excluding carboxylic acids is 1. The number of nitrogens with zero attached hydrogens (tertiary/aromatic N) is 1. The van der Waals surface area contributed by atoms with Crippen molar-refractivity contribution in [3.8, 4) is 0 Å². The van der Waals surface area contributed by atoms with Gasteiger partial charge in [0.2, 0.25) is 5.91 Å². The monoisotopic (exact) mass is 188 g/mol. The van der Waals surface area contributed by atoms with Crippen LogP contribution < -0.4 is 5.43 Å². The quantitative estimate of drug-likeness (QED) is 0.750. The van der Waals surface area contributed by atoms with Gasteiger partial charge in [0.25, 0.3) is 0 Å². The molecule has 3 heteroatoms. The van der Waals surface area contributed by atoms with Crippen LogP contribution in [0.15, 0.2) is 35.4 Å². The maximum absolute atomic E-state index is 10.8. The maximum atomic E-state index is 10.8. The average molecular weight is 188 g/mol. The molecular formula is C11H12N2O. The number of rotatable bonds is 2. The van der Waals surface area contributed by atoms with Crippen LogP contribution in [0.4, 0.5) is 0 Å². The van der Waals surface area contributed by atoms with Crippen LogP contribution in [0.2, 0.25) is 0 Å². The number of hydrogen-bond acceptors (Lipinski definition) is 2. The van der Waals surface area contributed by atoms with Gasteiger partial charge in [-0.3, -0.25) is 4.79 Å². The molecule has 3 nitrogen and oxygen atoms in total. The number of amides is 1. The van der Waals surface area contributed by atoms with Gasteiger partial charge in [0.05, 0.1) is 0 Å². The lowest BCUT2D eigenvalue weighted by molar-refractivity contribution is -0.121. The fraction of sp³-hybridized carbons (Fsp3) is 0.273. The van der Waals surface area contributed by atoms with E-state index in [-0.39, 0.29) is 5.91 Å². The van der Waals surface area contributed by atoms with Crippen LogP contribution in [0.1, 0.15) is 18.4 Å². The first-order chi connectivity index (χ1) is 6.84. The van der Waals surface area contributed by atoms with E-state index >= 15 is 0 Å². The molecule has 0 saturated heterocycles. The van der Waals surface area contributed by atoms with Gasteiger partial charge in [-0.25, -0.2) is 5.43 Å². The molecule has 1 heterocycles. The molecular weight excluding hydrogens is 176 g/mol. The zero-order valence-electron chi connectivity index (χ0n) is 7.86. The third-order valence-electron chi connectivity index (χ3n) is 2.23. The van der Waals surface area contributed by atoms with Gasteiger partial charge in [0.1, 0.15) is 0 Å². The molecule has 0 fully saturated rings. The predicted molar refractivity (Wildman–Crippen MR) is 55.0 cm³/mol. The molecule has 14 heavy (non-hydrogen) atoms. The summed E-state index contributed by atoms with van der Waals surface area (Å²) in [6.45, 7) is 0. The van der Waals surface area contributed by atoms with Crippen LogP contribution in [0.3, 0.4) is 0 Å². The molecule has 0 radical (unpaired) electrons. The summed E-state index contributed by atoms with van der Waals surface area (Å²) >= 11 is 0. The Balaban J connectivity index is 2.02. The number of hydrazone groups is 1. The summed E-state index contributed by atoms with van der Waals surface area (Å²) in [4.78, 5) is 10.8. The summed E-state index contributed by atoms with van der Waals surface area (Å²) in [6, 6.07) is 10.2. The fourth-order valence-electron chi connectivity index (χ4n) is 1.47. The minimum absolute atomic E-state index is 0.0156. The van der Waals surface area contributed by atoms with Crippen molar-refractivity contribution in [1.82, 2.24) is 5.43 Å². The molecule has 0 aliphatic carbocycles. The molecule has 0 unspecified atom stereocenters. The van der Waals surface area contributed by atoms with E-state index in [0.29, 0.717) is 6.42 Å². The lowest BCUT2D eigenvalue weighted by Gasteiger charge is -2.11. The van der Waals surface area contributed by atoms with Gasteiger partial charge in [-0.05, 0) is 12.0 Å². The topological polar surface area (TPSA) is 41.5 Å². The highest BCUT2D eigenvalue weighted by molar-refractivity contribution is 5.93. The van der Waals surface area contributed by atoms with E-state index in [2.05, 4.69) is 22.7 Å². The summed E-state index contributed by atoms with van der Waals surface area (Å²) in [6.07, 6.45) is 2.17. The van der Waals surface area contributed by atoms with Crippen molar-refractivity contribution in [3.05, 3.63) is 35.9 Å². The zero-order chi connectivity index (χ0) is 9.80. The minimum Gasteiger partial charge on any atom is -0.273 e.